The van der Waals surface area contributed by atoms with Crippen LogP contribution in [0.15, 0.2) is 48.5 Å². The van der Waals surface area contributed by atoms with E-state index in [2.05, 4.69) is 5.32 Å². The molecule has 0 aromatic heterocycles. The summed E-state index contributed by atoms with van der Waals surface area (Å²) in [4.78, 5) is 11.7. The Balaban J connectivity index is 2.05. The van der Waals surface area contributed by atoms with Crippen molar-refractivity contribution in [2.24, 2.45) is 0 Å². The second-order valence-electron chi connectivity index (χ2n) is 5.75. The summed E-state index contributed by atoms with van der Waals surface area (Å²) in [5, 5.41) is 12.0. The first-order valence-corrected chi connectivity index (χ1v) is 6.73. The molecule has 1 amide bonds. The molecule has 0 spiro atoms. The maximum atomic E-state index is 11.7. The minimum Gasteiger partial charge on any atom is -0.508 e. The normalized spacial score (nSPS) is 11.0. The topological polar surface area (TPSA) is 58.6 Å². The quantitative estimate of drug-likeness (QED) is 0.859. The molecule has 21 heavy (non-hydrogen) atoms. The van der Waals surface area contributed by atoms with Gasteiger partial charge in [-0.15, -0.1) is 0 Å². The van der Waals surface area contributed by atoms with Gasteiger partial charge in [-0.3, -0.25) is 5.32 Å². The van der Waals surface area contributed by atoms with Crippen LogP contribution in [0.3, 0.4) is 0 Å². The molecule has 2 aromatic rings. The van der Waals surface area contributed by atoms with Gasteiger partial charge in [0.05, 0.1) is 0 Å². The maximum absolute atomic E-state index is 11.7. The first kappa shape index (κ1) is 14.9. The number of hydrogen-bond acceptors (Lipinski definition) is 3. The Hall–Kier alpha value is -2.49. The second kappa shape index (κ2) is 5.87. The van der Waals surface area contributed by atoms with E-state index in [1.54, 1.807) is 12.1 Å². The number of nitrogens with one attached hydrogen (secondary N) is 1. The predicted molar refractivity (Wildman–Crippen MR) is 83.4 cm³/mol. The third-order valence-corrected chi connectivity index (χ3v) is 2.73. The van der Waals surface area contributed by atoms with E-state index >= 15 is 0 Å². The van der Waals surface area contributed by atoms with E-state index in [0.717, 1.165) is 11.1 Å². The number of amides is 1. The molecule has 2 aromatic carbocycles. The number of aromatic hydroxyl groups is 1. The Morgan fingerprint density at radius 1 is 0.952 bits per heavy atom. The van der Waals surface area contributed by atoms with Crippen molar-refractivity contribution in [3.63, 3.8) is 0 Å². The molecule has 0 aliphatic heterocycles. The fraction of sp³-hybridized carbons (Fsp3) is 0.235. The highest BCUT2D eigenvalue weighted by Crippen LogP contribution is 2.23. The Morgan fingerprint density at radius 3 is 1.90 bits per heavy atom. The molecular formula is C17H19NO3. The summed E-state index contributed by atoms with van der Waals surface area (Å²) in [5.41, 5.74) is 2.16. The summed E-state index contributed by atoms with van der Waals surface area (Å²) in [5.74, 6) is 0.238. The fourth-order valence-electron chi connectivity index (χ4n) is 1.82. The average Bonchev–Trinajstić information content (AvgIpc) is 2.38. The van der Waals surface area contributed by atoms with E-state index in [9.17, 15) is 9.90 Å². The zero-order valence-corrected chi connectivity index (χ0v) is 12.4. The van der Waals surface area contributed by atoms with Gasteiger partial charge < -0.3 is 9.84 Å². The van der Waals surface area contributed by atoms with E-state index in [4.69, 9.17) is 4.74 Å². The monoisotopic (exact) mass is 285 g/mol. The van der Waals surface area contributed by atoms with Gasteiger partial charge >= 0.3 is 6.09 Å². The van der Waals surface area contributed by atoms with Crippen LogP contribution in [0.5, 0.6) is 5.75 Å². The molecule has 2 rings (SSSR count). The van der Waals surface area contributed by atoms with Crippen LogP contribution in [0.4, 0.5) is 10.5 Å². The molecule has 0 bridgehead atoms. The third-order valence-electron chi connectivity index (χ3n) is 2.73. The summed E-state index contributed by atoms with van der Waals surface area (Å²) < 4.78 is 5.19. The molecule has 0 radical (unpaired) electrons. The molecule has 0 heterocycles. The van der Waals surface area contributed by atoms with Gasteiger partial charge in [0.1, 0.15) is 11.4 Å². The zero-order valence-electron chi connectivity index (χ0n) is 12.4. The van der Waals surface area contributed by atoms with Crippen molar-refractivity contribution in [2.75, 3.05) is 5.32 Å². The van der Waals surface area contributed by atoms with Crippen molar-refractivity contribution in [3.05, 3.63) is 48.5 Å². The first-order valence-electron chi connectivity index (χ1n) is 6.73. The minimum absolute atomic E-state index is 0.238. The third kappa shape index (κ3) is 4.53. The number of hydrogen-bond donors (Lipinski definition) is 2. The van der Waals surface area contributed by atoms with Gasteiger partial charge in [-0.2, -0.15) is 0 Å². The lowest BCUT2D eigenvalue weighted by Crippen LogP contribution is -2.27. The number of ether oxygens (including phenoxy) is 1. The first-order chi connectivity index (χ1) is 9.83. The minimum atomic E-state index is -0.518. The van der Waals surface area contributed by atoms with Crippen molar-refractivity contribution < 1.29 is 14.6 Å². The van der Waals surface area contributed by atoms with Crippen molar-refractivity contribution in [1.29, 1.82) is 0 Å². The number of phenolic OH excluding ortho intramolecular Hbond substituents is 1. The summed E-state index contributed by atoms with van der Waals surface area (Å²) in [6.07, 6.45) is -0.472. The Bertz CT molecular complexity index is 610. The van der Waals surface area contributed by atoms with Gasteiger partial charge in [0.2, 0.25) is 0 Å². The predicted octanol–water partition coefficient (Wildman–Crippen LogP) is 4.41. The van der Waals surface area contributed by atoms with Crippen molar-refractivity contribution in [2.45, 2.75) is 26.4 Å². The van der Waals surface area contributed by atoms with Gasteiger partial charge in [-0.1, -0.05) is 24.3 Å². The highest BCUT2D eigenvalue weighted by atomic mass is 16.6. The van der Waals surface area contributed by atoms with Gasteiger partial charge in [0.15, 0.2) is 0 Å². The molecule has 2 N–H and O–H groups in total. The molecule has 0 atom stereocenters. The lowest BCUT2D eigenvalue weighted by Gasteiger charge is -2.19. The number of carbonyl (C=O) groups excluding carboxylic acids is 1. The van der Waals surface area contributed by atoms with Gasteiger partial charge in [0.25, 0.3) is 0 Å². The van der Waals surface area contributed by atoms with E-state index in [-0.39, 0.29) is 5.75 Å². The fourth-order valence-corrected chi connectivity index (χ4v) is 1.82. The smallest absolute Gasteiger partial charge is 0.412 e. The molecule has 110 valence electrons. The van der Waals surface area contributed by atoms with E-state index < -0.39 is 11.7 Å². The van der Waals surface area contributed by atoms with E-state index in [0.29, 0.717) is 5.69 Å². The number of carbonyl (C=O) groups is 1. The average molecular weight is 285 g/mol. The van der Waals surface area contributed by atoms with Crippen LogP contribution in [0.2, 0.25) is 0 Å². The van der Waals surface area contributed by atoms with E-state index in [1.165, 1.54) is 0 Å². The SMILES string of the molecule is CC(C)(C)OC(=O)Nc1ccc(-c2ccc(O)cc2)cc1. The lowest BCUT2D eigenvalue weighted by atomic mass is 10.1. The number of phenols is 1. The van der Waals surface area contributed by atoms with Crippen LogP contribution in [-0.4, -0.2) is 16.8 Å². The maximum Gasteiger partial charge on any atom is 0.412 e. The molecule has 0 saturated carbocycles. The highest BCUT2D eigenvalue weighted by molar-refractivity contribution is 5.85. The molecule has 4 nitrogen and oxygen atoms in total. The molecule has 0 saturated heterocycles. The molecule has 0 unspecified atom stereocenters. The summed E-state index contributed by atoms with van der Waals surface area (Å²) in [6, 6.07) is 14.4. The van der Waals surface area contributed by atoms with Crippen molar-refractivity contribution >= 4 is 11.8 Å². The standard InChI is InChI=1S/C17H19NO3/c1-17(2,3)21-16(20)18-14-8-4-12(5-9-14)13-6-10-15(19)11-7-13/h4-11,19H,1-3H3,(H,18,20). The van der Waals surface area contributed by atoms with Gasteiger partial charge in [-0.25, -0.2) is 4.79 Å². The largest absolute Gasteiger partial charge is 0.508 e. The number of anilines is 1. The highest BCUT2D eigenvalue weighted by Gasteiger charge is 2.16. The van der Waals surface area contributed by atoms with Crippen LogP contribution in [0, 0.1) is 0 Å². The van der Waals surface area contributed by atoms with E-state index in [1.807, 2.05) is 57.2 Å². The summed E-state index contributed by atoms with van der Waals surface area (Å²) >= 11 is 0. The van der Waals surface area contributed by atoms with Gasteiger partial charge in [0, 0.05) is 5.69 Å². The van der Waals surface area contributed by atoms with Crippen LogP contribution < -0.4 is 5.32 Å². The zero-order chi connectivity index (χ0) is 15.5. The van der Waals surface area contributed by atoms with Crippen LogP contribution >= 0.6 is 0 Å². The molecule has 0 aliphatic rings. The second-order valence-corrected chi connectivity index (χ2v) is 5.75. The Labute approximate surface area is 124 Å². The summed E-state index contributed by atoms with van der Waals surface area (Å²) in [7, 11) is 0. The Kier molecular flexibility index (Phi) is 4.17. The Morgan fingerprint density at radius 2 is 1.43 bits per heavy atom. The van der Waals surface area contributed by atoms with Crippen LogP contribution in [-0.2, 0) is 4.74 Å². The van der Waals surface area contributed by atoms with Crippen LogP contribution in [0.1, 0.15) is 20.8 Å². The lowest BCUT2D eigenvalue weighted by molar-refractivity contribution is 0.0636. The molecular weight excluding hydrogens is 266 g/mol. The molecule has 0 aliphatic carbocycles. The molecule has 0 fully saturated rings. The molecule has 4 heteroatoms. The van der Waals surface area contributed by atoms with Gasteiger partial charge in [-0.05, 0) is 56.2 Å². The summed E-state index contributed by atoms with van der Waals surface area (Å²) in [6.45, 7) is 5.46. The number of rotatable bonds is 2. The number of benzene rings is 2. The van der Waals surface area contributed by atoms with Crippen molar-refractivity contribution in [1.82, 2.24) is 0 Å². The van der Waals surface area contributed by atoms with Crippen LogP contribution in [0.25, 0.3) is 11.1 Å². The van der Waals surface area contributed by atoms with Crippen molar-refractivity contribution in [3.8, 4) is 16.9 Å².